The topological polar surface area (TPSA) is 122 Å². The van der Waals surface area contributed by atoms with E-state index in [-0.39, 0.29) is 30.5 Å². The summed E-state index contributed by atoms with van der Waals surface area (Å²) in [5, 5.41) is 15.9. The molecule has 4 aromatic rings. The quantitative estimate of drug-likeness (QED) is 0.118. The van der Waals surface area contributed by atoms with E-state index < -0.39 is 23.8 Å². The highest BCUT2D eigenvalue weighted by Crippen LogP contribution is 2.36. The molecule has 0 aliphatic carbocycles. The van der Waals surface area contributed by atoms with Crippen LogP contribution in [-0.4, -0.2) is 83.3 Å². The van der Waals surface area contributed by atoms with E-state index in [0.29, 0.717) is 17.0 Å². The number of carbonyl (C=O) groups excluding carboxylic acids is 4. The molecular formula is C46H49N5O5. The number of fused-ring (bicyclic) bond motifs is 1. The van der Waals surface area contributed by atoms with Gasteiger partial charge in [0.1, 0.15) is 11.8 Å². The molecule has 4 aliphatic rings. The van der Waals surface area contributed by atoms with Gasteiger partial charge >= 0.3 is 0 Å². The highest BCUT2D eigenvalue weighted by Gasteiger charge is 2.44. The molecule has 4 aliphatic heterocycles. The number of nitrogens with one attached hydrogen (secondary N) is 2. The molecule has 10 nitrogen and oxygen atoms in total. The Labute approximate surface area is 328 Å². The summed E-state index contributed by atoms with van der Waals surface area (Å²) in [6.45, 7) is 7.27. The zero-order valence-corrected chi connectivity index (χ0v) is 31.9. The summed E-state index contributed by atoms with van der Waals surface area (Å²) in [6.07, 6.45) is 5.49. The molecule has 0 saturated carbocycles. The minimum atomic E-state index is -0.969. The normalized spacial score (nSPS) is 21.2. The Kier molecular flexibility index (Phi) is 10.7. The number of hydrogen-bond donors (Lipinski definition) is 3. The highest BCUT2D eigenvalue weighted by atomic mass is 16.3. The lowest BCUT2D eigenvalue weighted by Gasteiger charge is -2.39. The molecule has 0 spiro atoms. The number of phenolic OH excluding ortho intramolecular Hbond substituents is 1. The fraction of sp³-hybridized carbons (Fsp3) is 0.348. The van der Waals surface area contributed by atoms with E-state index in [0.717, 1.165) is 86.5 Å². The highest BCUT2D eigenvalue weighted by molar-refractivity contribution is 6.23. The van der Waals surface area contributed by atoms with Crippen LogP contribution in [0.1, 0.15) is 89.3 Å². The second-order valence-electron chi connectivity index (χ2n) is 15.5. The summed E-state index contributed by atoms with van der Waals surface area (Å²) in [4.78, 5) is 56.7. The van der Waals surface area contributed by atoms with Crippen LogP contribution in [0.15, 0.2) is 97.1 Å². The van der Waals surface area contributed by atoms with Gasteiger partial charge in [-0.2, -0.15) is 0 Å². The van der Waals surface area contributed by atoms with Crippen molar-refractivity contribution < 1.29 is 24.3 Å². The van der Waals surface area contributed by atoms with E-state index in [9.17, 15) is 24.3 Å². The summed E-state index contributed by atoms with van der Waals surface area (Å²) in [5.74, 6) is -1.08. The first-order chi connectivity index (χ1) is 27.2. The van der Waals surface area contributed by atoms with Gasteiger partial charge < -0.3 is 20.2 Å². The molecule has 8 rings (SSSR count). The Balaban J connectivity index is 0.870. The van der Waals surface area contributed by atoms with Crippen LogP contribution in [0.25, 0.3) is 11.1 Å². The van der Waals surface area contributed by atoms with E-state index >= 15 is 0 Å². The van der Waals surface area contributed by atoms with E-state index in [1.54, 1.807) is 24.3 Å². The molecule has 2 atom stereocenters. The zero-order valence-electron chi connectivity index (χ0n) is 31.9. The van der Waals surface area contributed by atoms with E-state index in [2.05, 4.69) is 75.9 Å². The number of carbonyl (C=O) groups is 4. The van der Waals surface area contributed by atoms with Gasteiger partial charge in [-0.25, -0.2) is 0 Å². The van der Waals surface area contributed by atoms with Crippen molar-refractivity contribution in [2.45, 2.75) is 64.0 Å². The molecule has 3 N–H and O–H groups in total. The maximum absolute atomic E-state index is 13.3. The van der Waals surface area contributed by atoms with Gasteiger partial charge in [0.15, 0.2) is 0 Å². The van der Waals surface area contributed by atoms with Crippen molar-refractivity contribution in [1.82, 2.24) is 15.1 Å². The predicted octanol–water partition coefficient (Wildman–Crippen LogP) is 6.96. The molecule has 0 radical (unpaired) electrons. The standard InChI is InChI=1S/C46H49N5O5/c1-2-38(31-7-4-3-5-8-31)43(33-12-17-37(52)18-13-33)32-10-15-36(16-11-32)50-25-22-30(23-26-50)28-49-24-6-9-35(29-49)47-34-14-19-39-40(27-34)46(56)51(45(39)55)41-20-21-42(53)48-44(41)54/h3-5,7-8,10-19,27,30,35,41,47,52H,2,6,9,20-26,28-29H2,1H3,(H,48,53,54). The van der Waals surface area contributed by atoms with Gasteiger partial charge in [0.05, 0.1) is 11.1 Å². The predicted molar refractivity (Wildman–Crippen MR) is 218 cm³/mol. The summed E-state index contributed by atoms with van der Waals surface area (Å²) in [7, 11) is 0. The van der Waals surface area contributed by atoms with Crippen molar-refractivity contribution in [3.05, 3.63) is 125 Å². The first-order valence-electron chi connectivity index (χ1n) is 20.0. The van der Waals surface area contributed by atoms with Gasteiger partial charge in [-0.3, -0.25) is 29.4 Å². The van der Waals surface area contributed by atoms with E-state index in [4.69, 9.17) is 0 Å². The lowest BCUT2D eigenvalue weighted by molar-refractivity contribution is -0.136. The Morgan fingerprint density at radius 1 is 0.768 bits per heavy atom. The number of rotatable bonds is 10. The largest absolute Gasteiger partial charge is 0.508 e. The van der Waals surface area contributed by atoms with Crippen LogP contribution >= 0.6 is 0 Å². The molecular weight excluding hydrogens is 703 g/mol. The molecule has 56 heavy (non-hydrogen) atoms. The Hall–Kier alpha value is -5.74. The molecule has 3 fully saturated rings. The summed E-state index contributed by atoms with van der Waals surface area (Å²) in [6, 6.07) is 31.6. The Morgan fingerprint density at radius 3 is 2.16 bits per heavy atom. The number of likely N-dealkylation sites (tertiary alicyclic amines) is 1. The molecule has 10 heteroatoms. The molecule has 4 aromatic carbocycles. The van der Waals surface area contributed by atoms with Gasteiger partial charge in [-0.15, -0.1) is 0 Å². The fourth-order valence-corrected chi connectivity index (χ4v) is 9.02. The number of phenols is 1. The fourth-order valence-electron chi connectivity index (χ4n) is 9.02. The minimum Gasteiger partial charge on any atom is -0.508 e. The third-order valence-corrected chi connectivity index (χ3v) is 11.9. The lowest BCUT2D eigenvalue weighted by Crippen LogP contribution is -2.54. The Bertz CT molecular complexity index is 2140. The number of allylic oxidation sites excluding steroid dienone is 1. The summed E-state index contributed by atoms with van der Waals surface area (Å²) < 4.78 is 0. The number of imide groups is 2. The van der Waals surface area contributed by atoms with Gasteiger partial charge in [-0.05, 0) is 121 Å². The number of aromatic hydroxyl groups is 1. The second-order valence-corrected chi connectivity index (χ2v) is 15.5. The van der Waals surface area contributed by atoms with Gasteiger partial charge in [0.2, 0.25) is 11.8 Å². The van der Waals surface area contributed by atoms with Crippen LogP contribution in [0.5, 0.6) is 5.75 Å². The molecule has 0 aromatic heterocycles. The molecule has 0 bridgehead atoms. The van der Waals surface area contributed by atoms with Crippen molar-refractivity contribution in [2.24, 2.45) is 5.92 Å². The zero-order chi connectivity index (χ0) is 38.8. The average molecular weight is 752 g/mol. The van der Waals surface area contributed by atoms with Crippen LogP contribution in [0.2, 0.25) is 0 Å². The molecule has 288 valence electrons. The monoisotopic (exact) mass is 751 g/mol. The van der Waals surface area contributed by atoms with Gasteiger partial charge in [0, 0.05) is 50.0 Å². The van der Waals surface area contributed by atoms with Gasteiger partial charge in [-0.1, -0.05) is 61.5 Å². The first-order valence-corrected chi connectivity index (χ1v) is 20.0. The van der Waals surface area contributed by atoms with Crippen LogP contribution in [0, 0.1) is 5.92 Å². The van der Waals surface area contributed by atoms with Crippen LogP contribution in [0.4, 0.5) is 11.4 Å². The molecule has 2 unspecified atom stereocenters. The van der Waals surface area contributed by atoms with Crippen molar-refractivity contribution in [1.29, 1.82) is 0 Å². The number of anilines is 2. The van der Waals surface area contributed by atoms with Gasteiger partial charge in [0.25, 0.3) is 11.8 Å². The van der Waals surface area contributed by atoms with Crippen molar-refractivity contribution >= 4 is 46.1 Å². The average Bonchev–Trinajstić information content (AvgIpc) is 3.46. The SMILES string of the molecule is CCC(=C(c1ccc(O)cc1)c1ccc(N2CCC(CN3CCCC(Nc4ccc5c(c4)C(=O)N(C4CCC(=O)NC4=O)C5=O)C3)CC2)cc1)c1ccccc1. The number of amides is 4. The number of nitrogens with zero attached hydrogens (tertiary/aromatic N) is 3. The third kappa shape index (κ3) is 7.71. The number of piperidine rings is 3. The molecule has 4 heterocycles. The van der Waals surface area contributed by atoms with Crippen LogP contribution < -0.4 is 15.5 Å². The smallest absolute Gasteiger partial charge is 0.262 e. The van der Waals surface area contributed by atoms with Crippen LogP contribution in [0.3, 0.4) is 0 Å². The maximum atomic E-state index is 13.3. The summed E-state index contributed by atoms with van der Waals surface area (Å²) in [5.41, 5.74) is 8.55. The maximum Gasteiger partial charge on any atom is 0.262 e. The molecule has 3 saturated heterocycles. The minimum absolute atomic E-state index is 0.0972. The van der Waals surface area contributed by atoms with E-state index in [1.807, 2.05) is 24.3 Å². The first kappa shape index (κ1) is 37.2. The lowest BCUT2D eigenvalue weighted by atomic mass is 9.88. The second kappa shape index (κ2) is 16.2. The van der Waals surface area contributed by atoms with Crippen molar-refractivity contribution in [3.63, 3.8) is 0 Å². The van der Waals surface area contributed by atoms with E-state index in [1.165, 1.54) is 22.4 Å². The summed E-state index contributed by atoms with van der Waals surface area (Å²) >= 11 is 0. The third-order valence-electron chi connectivity index (χ3n) is 11.9. The van der Waals surface area contributed by atoms with Crippen LogP contribution in [-0.2, 0) is 9.59 Å². The Morgan fingerprint density at radius 2 is 1.46 bits per heavy atom. The van der Waals surface area contributed by atoms with Crippen molar-refractivity contribution in [2.75, 3.05) is 42.9 Å². The number of benzene rings is 4. The number of hydrogen-bond acceptors (Lipinski definition) is 8. The van der Waals surface area contributed by atoms with Crippen molar-refractivity contribution in [3.8, 4) is 5.75 Å². The molecule has 4 amide bonds.